The average Bonchev–Trinajstić information content (AvgIpc) is 2.69. The normalized spacial score (nSPS) is 16.6. The highest BCUT2D eigenvalue weighted by Gasteiger charge is 2.14. The van der Waals surface area contributed by atoms with Crippen molar-refractivity contribution in [3.8, 4) is 5.75 Å². The van der Waals surface area contributed by atoms with Crippen molar-refractivity contribution in [1.82, 2.24) is 15.5 Å². The van der Waals surface area contributed by atoms with E-state index in [9.17, 15) is 8.42 Å². The molecule has 0 bridgehead atoms. The molecule has 1 aliphatic heterocycles. The highest BCUT2D eigenvalue weighted by atomic mass is 32.2. The molecular weight excluding hydrogens is 388 g/mol. The molecule has 164 valence electrons. The van der Waals surface area contributed by atoms with E-state index in [1.165, 1.54) is 32.2 Å². The maximum Gasteiger partial charge on any atom is 0.191 e. The molecule has 7 nitrogen and oxygen atoms in total. The Hall–Kier alpha value is -1.80. The minimum Gasteiger partial charge on any atom is -0.492 e. The van der Waals surface area contributed by atoms with Crippen LogP contribution in [0.3, 0.4) is 0 Å². The summed E-state index contributed by atoms with van der Waals surface area (Å²) >= 11 is 0. The second-order valence-electron chi connectivity index (χ2n) is 7.66. The fourth-order valence-corrected chi connectivity index (χ4v) is 3.86. The Morgan fingerprint density at radius 1 is 1.21 bits per heavy atom. The molecule has 2 N–H and O–H groups in total. The SMILES string of the molecule is CCNC(=NCCCN1CCC(C)CC1)NCCOc1ccc(S(C)(=O)=O)cc1. The van der Waals surface area contributed by atoms with Crippen LogP contribution in [0.25, 0.3) is 0 Å². The smallest absolute Gasteiger partial charge is 0.191 e. The van der Waals surface area contributed by atoms with Gasteiger partial charge in [0, 0.05) is 19.3 Å². The molecule has 8 heteroatoms. The summed E-state index contributed by atoms with van der Waals surface area (Å²) < 4.78 is 28.6. The number of nitrogens with zero attached hydrogens (tertiary/aromatic N) is 2. The summed E-state index contributed by atoms with van der Waals surface area (Å²) in [5, 5.41) is 6.53. The summed E-state index contributed by atoms with van der Waals surface area (Å²) in [6, 6.07) is 6.48. The van der Waals surface area contributed by atoms with E-state index in [4.69, 9.17) is 4.74 Å². The van der Waals surface area contributed by atoms with Gasteiger partial charge in [-0.1, -0.05) is 6.92 Å². The van der Waals surface area contributed by atoms with Crippen LogP contribution in [0.1, 0.15) is 33.1 Å². The molecule has 2 rings (SSSR count). The van der Waals surface area contributed by atoms with Crippen LogP contribution in [0.15, 0.2) is 34.2 Å². The monoisotopic (exact) mass is 424 g/mol. The van der Waals surface area contributed by atoms with Crippen molar-refractivity contribution in [2.45, 2.75) is 38.0 Å². The number of guanidine groups is 1. The van der Waals surface area contributed by atoms with Crippen LogP contribution in [0.2, 0.25) is 0 Å². The first-order valence-electron chi connectivity index (χ1n) is 10.6. The van der Waals surface area contributed by atoms with Crippen LogP contribution >= 0.6 is 0 Å². The van der Waals surface area contributed by atoms with Gasteiger partial charge in [-0.2, -0.15) is 0 Å². The van der Waals surface area contributed by atoms with Gasteiger partial charge in [-0.25, -0.2) is 8.42 Å². The van der Waals surface area contributed by atoms with E-state index in [2.05, 4.69) is 27.4 Å². The van der Waals surface area contributed by atoms with Gasteiger partial charge < -0.3 is 20.3 Å². The molecule has 1 saturated heterocycles. The van der Waals surface area contributed by atoms with Crippen molar-refractivity contribution in [3.63, 3.8) is 0 Å². The zero-order valence-electron chi connectivity index (χ0n) is 18.0. The number of hydrogen-bond donors (Lipinski definition) is 2. The standard InChI is InChI=1S/C21H36N4O3S/c1-4-22-21(23-12-5-14-25-15-10-18(2)11-16-25)24-13-17-28-19-6-8-20(9-7-19)29(3,26)27/h6-9,18H,4-5,10-17H2,1-3H3,(H2,22,23,24). The zero-order valence-corrected chi connectivity index (χ0v) is 18.8. The fraction of sp³-hybridized carbons (Fsp3) is 0.667. The summed E-state index contributed by atoms with van der Waals surface area (Å²) in [6.07, 6.45) is 4.88. The number of piperidine rings is 1. The van der Waals surface area contributed by atoms with Crippen molar-refractivity contribution in [3.05, 3.63) is 24.3 Å². The summed E-state index contributed by atoms with van der Waals surface area (Å²) in [5.74, 6) is 2.32. The fourth-order valence-electron chi connectivity index (χ4n) is 3.23. The number of rotatable bonds is 10. The summed E-state index contributed by atoms with van der Waals surface area (Å²) in [7, 11) is -3.18. The summed E-state index contributed by atoms with van der Waals surface area (Å²) in [4.78, 5) is 7.48. The van der Waals surface area contributed by atoms with Crippen LogP contribution in [-0.2, 0) is 9.84 Å². The topological polar surface area (TPSA) is 83.0 Å². The minimum atomic E-state index is -3.18. The number of aliphatic imine (C=N–C) groups is 1. The highest BCUT2D eigenvalue weighted by molar-refractivity contribution is 7.90. The van der Waals surface area contributed by atoms with E-state index in [1.807, 2.05) is 6.92 Å². The van der Waals surface area contributed by atoms with E-state index < -0.39 is 9.84 Å². The molecule has 0 saturated carbocycles. The first-order chi connectivity index (χ1) is 13.9. The Balaban J connectivity index is 1.66. The Morgan fingerprint density at radius 2 is 1.90 bits per heavy atom. The van der Waals surface area contributed by atoms with Crippen LogP contribution in [0.5, 0.6) is 5.75 Å². The van der Waals surface area contributed by atoms with Gasteiger partial charge in [0.05, 0.1) is 11.4 Å². The van der Waals surface area contributed by atoms with Gasteiger partial charge in [-0.05, 0) is 76.0 Å². The minimum absolute atomic E-state index is 0.295. The third-order valence-electron chi connectivity index (χ3n) is 5.04. The number of benzene rings is 1. The number of likely N-dealkylation sites (tertiary alicyclic amines) is 1. The van der Waals surface area contributed by atoms with Gasteiger partial charge >= 0.3 is 0 Å². The van der Waals surface area contributed by atoms with Gasteiger partial charge in [0.15, 0.2) is 15.8 Å². The van der Waals surface area contributed by atoms with E-state index >= 15 is 0 Å². The van der Waals surface area contributed by atoms with Gasteiger partial charge in [0.2, 0.25) is 0 Å². The van der Waals surface area contributed by atoms with Gasteiger partial charge in [0.1, 0.15) is 12.4 Å². The number of hydrogen-bond acceptors (Lipinski definition) is 5. The Morgan fingerprint density at radius 3 is 2.52 bits per heavy atom. The largest absolute Gasteiger partial charge is 0.492 e. The third kappa shape index (κ3) is 9.04. The highest BCUT2D eigenvalue weighted by Crippen LogP contribution is 2.16. The Bertz CT molecular complexity index is 727. The predicted octanol–water partition coefficient (Wildman–Crippen LogP) is 2.15. The molecule has 0 unspecified atom stereocenters. The van der Waals surface area contributed by atoms with Crippen molar-refractivity contribution < 1.29 is 13.2 Å². The van der Waals surface area contributed by atoms with Gasteiger partial charge in [-0.3, -0.25) is 4.99 Å². The second kappa shape index (κ2) is 12.0. The van der Waals surface area contributed by atoms with Crippen molar-refractivity contribution in [2.75, 3.05) is 52.1 Å². The Kier molecular flexibility index (Phi) is 9.73. The van der Waals surface area contributed by atoms with Crippen LogP contribution in [-0.4, -0.2) is 71.4 Å². The second-order valence-corrected chi connectivity index (χ2v) is 9.67. The lowest BCUT2D eigenvalue weighted by molar-refractivity contribution is 0.192. The molecule has 1 aliphatic rings. The molecule has 29 heavy (non-hydrogen) atoms. The molecule has 1 aromatic rings. The van der Waals surface area contributed by atoms with E-state index in [0.29, 0.717) is 23.8 Å². The summed E-state index contributed by atoms with van der Waals surface area (Å²) in [5.41, 5.74) is 0. The maximum absolute atomic E-state index is 11.5. The number of ether oxygens (including phenoxy) is 1. The Labute approximate surface area is 175 Å². The predicted molar refractivity (Wildman–Crippen MR) is 118 cm³/mol. The lowest BCUT2D eigenvalue weighted by Gasteiger charge is -2.29. The molecule has 0 atom stereocenters. The van der Waals surface area contributed by atoms with Gasteiger partial charge in [0.25, 0.3) is 0 Å². The zero-order chi connectivity index (χ0) is 21.1. The maximum atomic E-state index is 11.5. The van der Waals surface area contributed by atoms with Crippen LogP contribution < -0.4 is 15.4 Å². The number of nitrogens with one attached hydrogen (secondary N) is 2. The molecular formula is C21H36N4O3S. The molecule has 0 aliphatic carbocycles. The van der Waals surface area contributed by atoms with Crippen molar-refractivity contribution in [2.24, 2.45) is 10.9 Å². The lowest BCUT2D eigenvalue weighted by atomic mass is 9.99. The molecule has 0 radical (unpaired) electrons. The van der Waals surface area contributed by atoms with Crippen LogP contribution in [0, 0.1) is 5.92 Å². The van der Waals surface area contributed by atoms with Crippen molar-refractivity contribution in [1.29, 1.82) is 0 Å². The van der Waals surface area contributed by atoms with Gasteiger partial charge in [-0.15, -0.1) is 0 Å². The van der Waals surface area contributed by atoms with E-state index in [1.54, 1.807) is 24.3 Å². The average molecular weight is 425 g/mol. The van der Waals surface area contributed by atoms with Crippen LogP contribution in [0.4, 0.5) is 0 Å². The molecule has 0 aromatic heterocycles. The van der Waals surface area contributed by atoms with E-state index in [-0.39, 0.29) is 0 Å². The molecule has 1 aromatic carbocycles. The molecule has 1 heterocycles. The first kappa shape index (κ1) is 23.5. The number of sulfone groups is 1. The lowest BCUT2D eigenvalue weighted by Crippen LogP contribution is -2.39. The molecule has 1 fully saturated rings. The van der Waals surface area contributed by atoms with Crippen molar-refractivity contribution >= 4 is 15.8 Å². The molecule has 0 amide bonds. The third-order valence-corrected chi connectivity index (χ3v) is 6.17. The quantitative estimate of drug-likeness (QED) is 0.340. The van der Waals surface area contributed by atoms with E-state index in [0.717, 1.165) is 37.9 Å². The summed E-state index contributed by atoms with van der Waals surface area (Å²) in [6.45, 7) is 10.6. The first-order valence-corrected chi connectivity index (χ1v) is 12.4. The molecule has 0 spiro atoms.